The fourth-order valence-corrected chi connectivity index (χ4v) is 7.78. The number of quaternary nitrogens is 1. The van der Waals surface area contributed by atoms with E-state index in [-0.39, 0.29) is 16.4 Å². The Morgan fingerprint density at radius 1 is 0.472 bits per heavy atom. The Labute approximate surface area is 223 Å². The molecule has 1 heterocycles. The van der Waals surface area contributed by atoms with Crippen LogP contribution in [0.1, 0.15) is 51.4 Å². The van der Waals surface area contributed by atoms with Crippen molar-refractivity contribution in [2.45, 2.75) is 56.9 Å². The lowest BCUT2D eigenvalue weighted by Gasteiger charge is -2.71. The molecule has 0 aromatic heterocycles. The smallest absolute Gasteiger partial charge is 0.118 e. The molecule has 0 saturated carbocycles. The molecule has 0 radical (unpaired) electrons. The van der Waals surface area contributed by atoms with Gasteiger partial charge < -0.3 is 0 Å². The van der Waals surface area contributed by atoms with Crippen LogP contribution in [0.4, 0.5) is 0 Å². The second kappa shape index (κ2) is 14.0. The standard InChI is InChI=1S/C35H50N/c1-11-21-31-32(22-12-2)36(29-19-9,30-20-10)35(27-17-7,28-18-8)34(25-15-5,26-16-6)33(31,23-13-3)24-14-4/h11-20H,1-10,21-30H2/q+1. The molecular formula is C35H50N+. The number of nitrogens with zero attached hydrogens (tertiary/aromatic N) is 1. The summed E-state index contributed by atoms with van der Waals surface area (Å²) in [4.78, 5) is 0. The third-order valence-electron chi connectivity index (χ3n) is 8.57. The van der Waals surface area contributed by atoms with Crippen molar-refractivity contribution in [3.8, 4) is 0 Å². The van der Waals surface area contributed by atoms with Gasteiger partial charge in [0.15, 0.2) is 0 Å². The van der Waals surface area contributed by atoms with Gasteiger partial charge >= 0.3 is 0 Å². The Morgan fingerprint density at radius 3 is 1.22 bits per heavy atom. The van der Waals surface area contributed by atoms with Crippen LogP contribution in [0.15, 0.2) is 138 Å². The Morgan fingerprint density at radius 2 is 0.889 bits per heavy atom. The summed E-state index contributed by atoms with van der Waals surface area (Å²) in [5.41, 5.74) is 1.87. The molecule has 0 aromatic rings. The molecule has 0 fully saturated rings. The number of allylic oxidation sites excluding steroid dienone is 7. The maximum Gasteiger partial charge on any atom is 0.118 e. The SMILES string of the molecule is C=CCC1=C(CC=C)[N+](CC=C)(CC=C)C(CC=C)(CC=C)C(CC=C)(CC=C)C1(CC=C)CC=C. The van der Waals surface area contributed by atoms with Gasteiger partial charge in [0.05, 0.1) is 0 Å². The highest BCUT2D eigenvalue weighted by atomic mass is 15.4. The van der Waals surface area contributed by atoms with Crippen molar-refractivity contribution < 1.29 is 4.48 Å². The molecule has 0 atom stereocenters. The molecule has 0 saturated heterocycles. The van der Waals surface area contributed by atoms with Crippen molar-refractivity contribution in [1.29, 1.82) is 0 Å². The van der Waals surface area contributed by atoms with Crippen LogP contribution in [-0.2, 0) is 0 Å². The Hall–Kier alpha value is -2.90. The quantitative estimate of drug-likeness (QED) is 0.119. The van der Waals surface area contributed by atoms with E-state index in [1.807, 2.05) is 12.2 Å². The molecule has 0 spiro atoms. The van der Waals surface area contributed by atoms with Gasteiger partial charge in [-0.05, 0) is 49.8 Å². The van der Waals surface area contributed by atoms with Crippen molar-refractivity contribution in [2.24, 2.45) is 10.8 Å². The summed E-state index contributed by atoms with van der Waals surface area (Å²) < 4.78 is 0.699. The van der Waals surface area contributed by atoms with E-state index in [2.05, 4.69) is 114 Å². The highest BCUT2D eigenvalue weighted by molar-refractivity contribution is 5.37. The molecule has 1 rings (SSSR count). The first-order valence-electron chi connectivity index (χ1n) is 13.1. The van der Waals surface area contributed by atoms with Crippen molar-refractivity contribution in [2.75, 3.05) is 13.1 Å². The highest BCUT2D eigenvalue weighted by Crippen LogP contribution is 2.71. The zero-order chi connectivity index (χ0) is 27.3. The Bertz CT molecular complexity index is 791. The summed E-state index contributed by atoms with van der Waals surface area (Å²) in [5, 5.41) is 0. The molecule has 1 nitrogen and oxygen atoms in total. The van der Waals surface area contributed by atoms with E-state index < -0.39 is 0 Å². The number of rotatable bonds is 20. The monoisotopic (exact) mass is 484 g/mol. The molecule has 36 heavy (non-hydrogen) atoms. The van der Waals surface area contributed by atoms with E-state index in [1.165, 1.54) is 11.3 Å². The largest absolute Gasteiger partial charge is 0.282 e. The van der Waals surface area contributed by atoms with E-state index in [9.17, 15) is 0 Å². The Kier molecular flexibility index (Phi) is 12.1. The predicted molar refractivity (Wildman–Crippen MR) is 164 cm³/mol. The maximum atomic E-state index is 4.28. The van der Waals surface area contributed by atoms with Gasteiger partial charge in [0, 0.05) is 30.1 Å². The lowest BCUT2D eigenvalue weighted by molar-refractivity contribution is -0.948. The summed E-state index contributed by atoms with van der Waals surface area (Å²) in [7, 11) is 0. The average molecular weight is 485 g/mol. The van der Waals surface area contributed by atoms with Crippen LogP contribution in [0.3, 0.4) is 0 Å². The summed E-state index contributed by atoms with van der Waals surface area (Å²) in [6.07, 6.45) is 27.0. The average Bonchev–Trinajstić information content (AvgIpc) is 2.84. The van der Waals surface area contributed by atoms with Crippen molar-refractivity contribution in [3.05, 3.63) is 138 Å². The maximum absolute atomic E-state index is 4.28. The van der Waals surface area contributed by atoms with E-state index in [0.717, 1.165) is 64.5 Å². The zero-order valence-electron chi connectivity index (χ0n) is 22.9. The fourth-order valence-electron chi connectivity index (χ4n) is 7.78. The molecule has 0 aromatic carbocycles. The lowest BCUT2D eigenvalue weighted by Crippen LogP contribution is -2.77. The minimum absolute atomic E-state index is 0.276. The Balaban J connectivity index is 4.84. The van der Waals surface area contributed by atoms with Gasteiger partial charge in [0.1, 0.15) is 24.3 Å². The molecule has 0 unspecified atom stereocenters. The second-order valence-corrected chi connectivity index (χ2v) is 9.97. The molecule has 1 aliphatic rings. The first kappa shape index (κ1) is 31.1. The summed E-state index contributed by atoms with van der Waals surface area (Å²) in [5.74, 6) is 0. The topological polar surface area (TPSA) is 0 Å². The minimum atomic E-state index is -0.323. The van der Waals surface area contributed by atoms with Crippen LogP contribution < -0.4 is 0 Å². The van der Waals surface area contributed by atoms with Gasteiger partial charge in [-0.3, -0.25) is 4.48 Å². The fraction of sp³-hybridized carbons (Fsp3) is 0.371. The van der Waals surface area contributed by atoms with Crippen LogP contribution in [0.2, 0.25) is 0 Å². The minimum Gasteiger partial charge on any atom is -0.282 e. The predicted octanol–water partition coefficient (Wildman–Crippen LogP) is 9.76. The molecule has 0 aliphatic carbocycles. The van der Waals surface area contributed by atoms with Crippen molar-refractivity contribution >= 4 is 0 Å². The van der Waals surface area contributed by atoms with Crippen molar-refractivity contribution in [1.82, 2.24) is 0 Å². The zero-order valence-corrected chi connectivity index (χ0v) is 22.9. The van der Waals surface area contributed by atoms with Crippen LogP contribution in [0, 0.1) is 10.8 Å². The normalized spacial score (nSPS) is 18.8. The first-order valence-corrected chi connectivity index (χ1v) is 13.1. The van der Waals surface area contributed by atoms with Gasteiger partial charge in [-0.15, -0.1) is 52.6 Å². The second-order valence-electron chi connectivity index (χ2n) is 9.97. The van der Waals surface area contributed by atoms with Gasteiger partial charge in [0.2, 0.25) is 0 Å². The molecule has 0 bridgehead atoms. The van der Waals surface area contributed by atoms with Gasteiger partial charge in [-0.25, -0.2) is 0 Å². The molecule has 0 N–H and O–H groups in total. The molecule has 1 aliphatic heterocycles. The third kappa shape index (κ3) is 4.62. The molecule has 1 heteroatoms. The highest BCUT2D eigenvalue weighted by Gasteiger charge is 2.72. The summed E-state index contributed by atoms with van der Waals surface area (Å²) in [6.45, 7) is 44.0. The first-order chi connectivity index (χ1) is 17.4. The molecular weight excluding hydrogens is 434 g/mol. The third-order valence-corrected chi connectivity index (χ3v) is 8.57. The van der Waals surface area contributed by atoms with E-state index >= 15 is 0 Å². The van der Waals surface area contributed by atoms with Crippen LogP contribution in [0.25, 0.3) is 0 Å². The molecule has 194 valence electrons. The molecule has 0 amide bonds. The van der Waals surface area contributed by atoms with Crippen LogP contribution in [0.5, 0.6) is 0 Å². The summed E-state index contributed by atoms with van der Waals surface area (Å²) in [6, 6.07) is 0. The summed E-state index contributed by atoms with van der Waals surface area (Å²) >= 11 is 0. The number of hydrogen-bond donors (Lipinski definition) is 0. The van der Waals surface area contributed by atoms with E-state index in [4.69, 9.17) is 0 Å². The lowest BCUT2D eigenvalue weighted by atomic mass is 9.42. The van der Waals surface area contributed by atoms with E-state index in [0.29, 0.717) is 4.48 Å². The van der Waals surface area contributed by atoms with Gasteiger partial charge in [-0.2, -0.15) is 0 Å². The van der Waals surface area contributed by atoms with E-state index in [1.54, 1.807) is 0 Å². The van der Waals surface area contributed by atoms with Crippen LogP contribution in [-0.4, -0.2) is 23.1 Å². The van der Waals surface area contributed by atoms with Crippen molar-refractivity contribution in [3.63, 3.8) is 0 Å². The van der Waals surface area contributed by atoms with Crippen LogP contribution >= 0.6 is 0 Å². The van der Waals surface area contributed by atoms with Gasteiger partial charge in [0.25, 0.3) is 0 Å². The number of hydrogen-bond acceptors (Lipinski definition) is 0. The van der Waals surface area contributed by atoms with Gasteiger partial charge in [-0.1, -0.05) is 61.8 Å².